The number of aliphatic imine (C=N–C) groups is 1. The maximum Gasteiger partial charge on any atom is 0.264 e. The lowest BCUT2D eigenvalue weighted by molar-refractivity contribution is -0.120. The summed E-state index contributed by atoms with van der Waals surface area (Å²) in [6.45, 7) is 5.88. The summed E-state index contributed by atoms with van der Waals surface area (Å²) in [6, 6.07) is 0.0446. The van der Waals surface area contributed by atoms with Gasteiger partial charge in [0, 0.05) is 17.9 Å². The number of rotatable bonds is 2. The zero-order chi connectivity index (χ0) is 14.0. The minimum atomic E-state index is -2.44. The molecule has 3 aliphatic rings. The van der Waals surface area contributed by atoms with Crippen LogP contribution in [0.4, 0.5) is 8.78 Å². The van der Waals surface area contributed by atoms with Crippen molar-refractivity contribution in [3.63, 3.8) is 0 Å². The molecule has 0 aromatic carbocycles. The number of carbonyl (C=O) groups is 1. The van der Waals surface area contributed by atoms with Crippen LogP contribution < -0.4 is 5.32 Å². The average Bonchev–Trinajstić information content (AvgIpc) is 2.71. The molecule has 1 heterocycles. The van der Waals surface area contributed by atoms with Crippen molar-refractivity contribution in [2.75, 3.05) is 0 Å². The Morgan fingerprint density at radius 3 is 2.42 bits per heavy atom. The number of alkyl halides is 2. The highest BCUT2D eigenvalue weighted by Gasteiger charge is 2.71. The van der Waals surface area contributed by atoms with Crippen LogP contribution in [-0.2, 0) is 4.79 Å². The Labute approximate surface area is 115 Å². The van der Waals surface area contributed by atoms with Gasteiger partial charge in [0.05, 0.1) is 0 Å². The third-order valence-electron chi connectivity index (χ3n) is 4.81. The Kier molecular flexibility index (Phi) is 2.76. The van der Waals surface area contributed by atoms with Gasteiger partial charge in [-0.15, -0.1) is 0 Å². The molecule has 6 heteroatoms. The number of nitrogens with one attached hydrogen (secondary N) is 1. The lowest BCUT2D eigenvalue weighted by Crippen LogP contribution is -2.36. The Hall–Kier alpha value is -0.650. The van der Waals surface area contributed by atoms with Crippen molar-refractivity contribution in [3.05, 3.63) is 0 Å². The van der Waals surface area contributed by atoms with E-state index in [9.17, 15) is 13.6 Å². The van der Waals surface area contributed by atoms with E-state index in [1.54, 1.807) is 0 Å². The van der Waals surface area contributed by atoms with E-state index in [1.165, 1.54) is 11.8 Å². The van der Waals surface area contributed by atoms with E-state index >= 15 is 0 Å². The van der Waals surface area contributed by atoms with E-state index in [1.807, 2.05) is 20.8 Å². The minimum Gasteiger partial charge on any atom is -0.362 e. The number of nitrogens with zero attached hydrogens (tertiary/aromatic N) is 1. The van der Waals surface area contributed by atoms with Crippen molar-refractivity contribution in [2.45, 2.75) is 50.3 Å². The summed E-state index contributed by atoms with van der Waals surface area (Å²) in [7, 11) is 0. The molecule has 106 valence electrons. The third-order valence-corrected chi connectivity index (χ3v) is 6.28. The molecule has 2 unspecified atom stereocenters. The summed E-state index contributed by atoms with van der Waals surface area (Å²) in [4.78, 5) is 16.0. The third kappa shape index (κ3) is 1.90. The molecule has 0 spiro atoms. The smallest absolute Gasteiger partial charge is 0.264 e. The van der Waals surface area contributed by atoms with Crippen molar-refractivity contribution in [2.24, 2.45) is 22.7 Å². The second kappa shape index (κ2) is 3.93. The van der Waals surface area contributed by atoms with Gasteiger partial charge in [0.2, 0.25) is 0 Å². The SMILES string of the molecule is CC(C)C1(C)SC(NC2C[C@@H]3[C@H](C2)C3(F)F)=NC1=O. The molecule has 2 aliphatic carbocycles. The van der Waals surface area contributed by atoms with E-state index in [2.05, 4.69) is 10.3 Å². The van der Waals surface area contributed by atoms with E-state index in [4.69, 9.17) is 0 Å². The van der Waals surface area contributed by atoms with Gasteiger partial charge in [-0.1, -0.05) is 25.6 Å². The van der Waals surface area contributed by atoms with Gasteiger partial charge in [-0.3, -0.25) is 4.79 Å². The van der Waals surface area contributed by atoms with Crippen molar-refractivity contribution >= 4 is 22.8 Å². The number of fused-ring (bicyclic) bond motifs is 1. The number of hydrogen-bond donors (Lipinski definition) is 1. The van der Waals surface area contributed by atoms with Gasteiger partial charge >= 0.3 is 0 Å². The van der Waals surface area contributed by atoms with Crippen molar-refractivity contribution in [3.8, 4) is 0 Å². The number of amides is 1. The molecular weight excluding hydrogens is 270 g/mol. The number of hydrogen-bond acceptors (Lipinski definition) is 3. The summed E-state index contributed by atoms with van der Waals surface area (Å²) in [5, 5.41) is 3.78. The molecule has 2 fully saturated rings. The number of halogens is 2. The highest BCUT2D eigenvalue weighted by atomic mass is 32.2. The fourth-order valence-electron chi connectivity index (χ4n) is 3.00. The predicted octanol–water partition coefficient (Wildman–Crippen LogP) is 2.66. The van der Waals surface area contributed by atoms with E-state index in [0.717, 1.165) is 0 Å². The molecule has 0 radical (unpaired) electrons. The fourth-order valence-corrected chi connectivity index (χ4v) is 4.13. The highest BCUT2D eigenvalue weighted by molar-refractivity contribution is 8.16. The van der Waals surface area contributed by atoms with Crippen LogP contribution in [0.25, 0.3) is 0 Å². The van der Waals surface area contributed by atoms with Gasteiger partial charge in [-0.25, -0.2) is 8.78 Å². The van der Waals surface area contributed by atoms with Crippen LogP contribution >= 0.6 is 11.8 Å². The average molecular weight is 288 g/mol. The van der Waals surface area contributed by atoms with E-state index in [-0.39, 0.29) is 17.9 Å². The number of thioether (sulfide) groups is 1. The lowest BCUT2D eigenvalue weighted by Gasteiger charge is -2.25. The van der Waals surface area contributed by atoms with E-state index < -0.39 is 22.5 Å². The van der Waals surface area contributed by atoms with Crippen molar-refractivity contribution in [1.82, 2.24) is 5.32 Å². The first-order valence-corrected chi connectivity index (χ1v) is 7.53. The quantitative estimate of drug-likeness (QED) is 0.849. The Morgan fingerprint density at radius 1 is 1.37 bits per heavy atom. The highest BCUT2D eigenvalue weighted by Crippen LogP contribution is 2.64. The molecule has 1 N–H and O–H groups in total. The molecule has 0 saturated heterocycles. The zero-order valence-corrected chi connectivity index (χ0v) is 12.1. The number of amidine groups is 1. The van der Waals surface area contributed by atoms with Gasteiger partial charge in [-0.05, 0) is 25.7 Å². The first-order chi connectivity index (χ1) is 8.75. The standard InChI is InChI=1S/C13H18F2N2OS/c1-6(2)12(3)10(18)17-11(19-12)16-7-4-8-9(5-7)13(8,14)15/h6-9H,4-5H2,1-3H3,(H,16,17,18)/t7?,8-,9+,12?. The van der Waals surface area contributed by atoms with Crippen molar-refractivity contribution < 1.29 is 13.6 Å². The first-order valence-electron chi connectivity index (χ1n) is 6.71. The van der Waals surface area contributed by atoms with Gasteiger partial charge in [0.15, 0.2) is 5.17 Å². The van der Waals surface area contributed by atoms with Gasteiger partial charge < -0.3 is 5.32 Å². The van der Waals surface area contributed by atoms with Crippen LogP contribution in [0.2, 0.25) is 0 Å². The van der Waals surface area contributed by atoms with Gasteiger partial charge in [0.1, 0.15) is 4.75 Å². The van der Waals surface area contributed by atoms with Crippen LogP contribution in [0.3, 0.4) is 0 Å². The van der Waals surface area contributed by atoms with Crippen LogP contribution in [0, 0.1) is 17.8 Å². The Morgan fingerprint density at radius 2 is 1.95 bits per heavy atom. The Bertz CT molecular complexity index is 452. The second-order valence-corrected chi connectivity index (χ2v) is 7.73. The van der Waals surface area contributed by atoms with Gasteiger partial charge in [0.25, 0.3) is 11.8 Å². The molecule has 0 aromatic rings. The molecular formula is C13H18F2N2OS. The molecule has 4 atom stereocenters. The summed E-state index contributed by atoms with van der Waals surface area (Å²) in [5.74, 6) is -3.28. The molecule has 0 aromatic heterocycles. The monoisotopic (exact) mass is 288 g/mol. The molecule has 1 aliphatic heterocycles. The largest absolute Gasteiger partial charge is 0.362 e. The second-order valence-electron chi connectivity index (χ2n) is 6.29. The maximum absolute atomic E-state index is 13.1. The minimum absolute atomic E-state index is 0.0446. The zero-order valence-electron chi connectivity index (χ0n) is 11.2. The van der Waals surface area contributed by atoms with Crippen LogP contribution in [0.5, 0.6) is 0 Å². The molecule has 19 heavy (non-hydrogen) atoms. The summed E-state index contributed by atoms with van der Waals surface area (Å²) in [5.41, 5.74) is 0. The Balaban J connectivity index is 1.59. The fraction of sp³-hybridized carbons (Fsp3) is 0.846. The van der Waals surface area contributed by atoms with Crippen molar-refractivity contribution in [1.29, 1.82) is 0 Å². The molecule has 3 rings (SSSR count). The molecule has 2 saturated carbocycles. The maximum atomic E-state index is 13.1. The first kappa shape index (κ1) is 13.3. The predicted molar refractivity (Wildman–Crippen MR) is 71.4 cm³/mol. The van der Waals surface area contributed by atoms with Crippen LogP contribution in [0.1, 0.15) is 33.6 Å². The summed E-state index contributed by atoms with van der Waals surface area (Å²) < 4.78 is 25.7. The van der Waals surface area contributed by atoms with E-state index in [0.29, 0.717) is 18.0 Å². The molecule has 3 nitrogen and oxygen atoms in total. The summed E-state index contributed by atoms with van der Waals surface area (Å²) >= 11 is 1.43. The molecule has 1 amide bonds. The van der Waals surface area contributed by atoms with Crippen LogP contribution in [0.15, 0.2) is 4.99 Å². The van der Waals surface area contributed by atoms with Gasteiger partial charge in [-0.2, -0.15) is 4.99 Å². The number of carbonyl (C=O) groups excluding carboxylic acids is 1. The molecule has 0 bridgehead atoms. The lowest BCUT2D eigenvalue weighted by atomic mass is 9.96. The summed E-state index contributed by atoms with van der Waals surface area (Å²) in [6.07, 6.45) is 0.980. The van der Waals surface area contributed by atoms with Crippen LogP contribution in [-0.4, -0.2) is 27.8 Å². The topological polar surface area (TPSA) is 41.5 Å². The normalized spacial score (nSPS) is 43.4.